The highest BCUT2D eigenvalue weighted by molar-refractivity contribution is 5.43. The summed E-state index contributed by atoms with van der Waals surface area (Å²) in [5, 5.41) is 4.44. The summed E-state index contributed by atoms with van der Waals surface area (Å²) in [4.78, 5) is 4.49. The molecule has 5 heteroatoms. The highest BCUT2D eigenvalue weighted by atomic mass is 16.5. The van der Waals surface area contributed by atoms with Gasteiger partial charge < -0.3 is 9.47 Å². The molecule has 1 fully saturated rings. The number of hydrogen-bond acceptors (Lipinski definition) is 4. The van der Waals surface area contributed by atoms with Gasteiger partial charge in [-0.25, -0.2) is 9.50 Å². The molecule has 0 radical (unpaired) electrons. The number of aromatic nitrogens is 3. The molecule has 1 aliphatic rings. The van der Waals surface area contributed by atoms with Crippen molar-refractivity contribution in [1.29, 1.82) is 0 Å². The van der Waals surface area contributed by atoms with Gasteiger partial charge in [0.1, 0.15) is 11.9 Å². The minimum Gasteiger partial charge on any atom is -0.497 e. The van der Waals surface area contributed by atoms with Crippen molar-refractivity contribution in [3.05, 3.63) is 24.2 Å². The fourth-order valence-corrected chi connectivity index (χ4v) is 2.09. The van der Waals surface area contributed by atoms with Crippen LogP contribution < -0.4 is 4.74 Å². The Morgan fingerprint density at radius 1 is 1.47 bits per heavy atom. The maximum Gasteiger partial charge on any atom is 0.180 e. The van der Waals surface area contributed by atoms with Gasteiger partial charge in [-0.3, -0.25) is 0 Å². The molecule has 0 spiro atoms. The van der Waals surface area contributed by atoms with E-state index in [1.807, 2.05) is 18.3 Å². The first-order valence-electron chi connectivity index (χ1n) is 5.89. The molecular formula is C12H15N3O2. The largest absolute Gasteiger partial charge is 0.497 e. The van der Waals surface area contributed by atoms with Gasteiger partial charge in [0.25, 0.3) is 0 Å². The molecule has 90 valence electrons. The molecule has 0 amide bonds. The average Bonchev–Trinajstić information content (AvgIpc) is 2.82. The Labute approximate surface area is 99.4 Å². The summed E-state index contributed by atoms with van der Waals surface area (Å²) in [7, 11) is 1.65. The second-order valence-electron chi connectivity index (χ2n) is 4.19. The lowest BCUT2D eigenvalue weighted by molar-refractivity contribution is 0.00962. The summed E-state index contributed by atoms with van der Waals surface area (Å²) in [6.07, 6.45) is 5.23. The van der Waals surface area contributed by atoms with Crippen LogP contribution in [-0.2, 0) is 4.74 Å². The van der Waals surface area contributed by atoms with E-state index < -0.39 is 0 Å². The van der Waals surface area contributed by atoms with Gasteiger partial charge >= 0.3 is 0 Å². The number of rotatable bonds is 2. The zero-order valence-corrected chi connectivity index (χ0v) is 9.80. The SMILES string of the molecule is COc1ccn2nc(C3CCCCO3)nc2c1. The van der Waals surface area contributed by atoms with Crippen LogP contribution in [0.2, 0.25) is 0 Å². The maximum absolute atomic E-state index is 5.68. The number of hydrogen-bond donors (Lipinski definition) is 0. The fraction of sp³-hybridized carbons (Fsp3) is 0.500. The lowest BCUT2D eigenvalue weighted by Gasteiger charge is -2.19. The lowest BCUT2D eigenvalue weighted by atomic mass is 10.1. The monoisotopic (exact) mass is 233 g/mol. The van der Waals surface area contributed by atoms with Crippen LogP contribution in [0.5, 0.6) is 5.75 Å². The molecule has 1 unspecified atom stereocenters. The van der Waals surface area contributed by atoms with Crippen LogP contribution in [0.25, 0.3) is 5.65 Å². The predicted molar refractivity (Wildman–Crippen MR) is 62.1 cm³/mol. The molecule has 1 atom stereocenters. The van der Waals surface area contributed by atoms with Crippen molar-refractivity contribution < 1.29 is 9.47 Å². The molecule has 17 heavy (non-hydrogen) atoms. The van der Waals surface area contributed by atoms with Crippen LogP contribution in [0.1, 0.15) is 31.2 Å². The molecule has 3 rings (SSSR count). The molecule has 0 bridgehead atoms. The van der Waals surface area contributed by atoms with Crippen molar-refractivity contribution in [3.8, 4) is 5.75 Å². The van der Waals surface area contributed by atoms with Crippen LogP contribution in [0.3, 0.4) is 0 Å². The molecule has 0 aliphatic carbocycles. The Morgan fingerprint density at radius 2 is 2.41 bits per heavy atom. The average molecular weight is 233 g/mol. The van der Waals surface area contributed by atoms with E-state index >= 15 is 0 Å². The highest BCUT2D eigenvalue weighted by Crippen LogP contribution is 2.26. The van der Waals surface area contributed by atoms with Crippen molar-refractivity contribution in [3.63, 3.8) is 0 Å². The molecule has 1 aliphatic heterocycles. The minimum atomic E-state index is 0.0506. The van der Waals surface area contributed by atoms with E-state index in [0.29, 0.717) is 0 Å². The first-order chi connectivity index (χ1) is 8.36. The third-order valence-corrected chi connectivity index (χ3v) is 3.03. The summed E-state index contributed by atoms with van der Waals surface area (Å²) in [6.45, 7) is 0.809. The Hall–Kier alpha value is -1.62. The van der Waals surface area contributed by atoms with Crippen LogP contribution in [0, 0.1) is 0 Å². The number of ether oxygens (including phenoxy) is 2. The van der Waals surface area contributed by atoms with Gasteiger partial charge in [-0.1, -0.05) is 0 Å². The number of nitrogens with zero attached hydrogens (tertiary/aromatic N) is 3. The zero-order valence-electron chi connectivity index (χ0n) is 9.80. The third-order valence-electron chi connectivity index (χ3n) is 3.03. The van der Waals surface area contributed by atoms with Gasteiger partial charge in [-0.2, -0.15) is 0 Å². The Kier molecular flexibility index (Phi) is 2.68. The molecule has 2 aromatic heterocycles. The Bertz CT molecular complexity index is 517. The fourth-order valence-electron chi connectivity index (χ4n) is 2.09. The molecule has 0 N–H and O–H groups in total. The van der Waals surface area contributed by atoms with Gasteiger partial charge in [0.15, 0.2) is 11.5 Å². The van der Waals surface area contributed by atoms with Crippen LogP contribution in [-0.4, -0.2) is 28.3 Å². The van der Waals surface area contributed by atoms with Gasteiger partial charge in [-0.05, 0) is 25.3 Å². The van der Waals surface area contributed by atoms with Crippen molar-refractivity contribution in [2.45, 2.75) is 25.4 Å². The number of fused-ring (bicyclic) bond motifs is 1. The molecular weight excluding hydrogens is 218 g/mol. The number of methoxy groups -OCH3 is 1. The van der Waals surface area contributed by atoms with E-state index in [9.17, 15) is 0 Å². The van der Waals surface area contributed by atoms with E-state index in [2.05, 4.69) is 10.1 Å². The Morgan fingerprint density at radius 3 is 3.18 bits per heavy atom. The van der Waals surface area contributed by atoms with E-state index in [0.717, 1.165) is 36.7 Å². The van der Waals surface area contributed by atoms with Crippen molar-refractivity contribution in [2.24, 2.45) is 0 Å². The standard InChI is InChI=1S/C12H15N3O2/c1-16-9-5-6-15-11(8-9)13-12(14-15)10-4-2-3-7-17-10/h5-6,8,10H,2-4,7H2,1H3. The maximum atomic E-state index is 5.68. The quantitative estimate of drug-likeness (QED) is 0.795. The highest BCUT2D eigenvalue weighted by Gasteiger charge is 2.20. The summed E-state index contributed by atoms with van der Waals surface area (Å²) in [5.41, 5.74) is 0.800. The normalized spacial score (nSPS) is 20.6. The number of pyridine rings is 1. The second kappa shape index (κ2) is 4.33. The predicted octanol–water partition coefficient (Wildman–Crippen LogP) is 1.98. The van der Waals surface area contributed by atoms with Crippen LogP contribution >= 0.6 is 0 Å². The topological polar surface area (TPSA) is 48.7 Å². The van der Waals surface area contributed by atoms with Gasteiger partial charge in [-0.15, -0.1) is 5.10 Å². The van der Waals surface area contributed by atoms with Crippen molar-refractivity contribution in [2.75, 3.05) is 13.7 Å². The third kappa shape index (κ3) is 1.98. The zero-order chi connectivity index (χ0) is 11.7. The van der Waals surface area contributed by atoms with Crippen molar-refractivity contribution >= 4 is 5.65 Å². The first-order valence-corrected chi connectivity index (χ1v) is 5.89. The Balaban J connectivity index is 1.95. The van der Waals surface area contributed by atoms with Gasteiger partial charge in [0, 0.05) is 18.9 Å². The molecule has 3 heterocycles. The molecule has 0 aromatic carbocycles. The van der Waals surface area contributed by atoms with E-state index in [1.54, 1.807) is 11.6 Å². The molecule has 5 nitrogen and oxygen atoms in total. The van der Waals surface area contributed by atoms with E-state index in [1.165, 1.54) is 6.42 Å². The summed E-state index contributed by atoms with van der Waals surface area (Å²) in [6, 6.07) is 3.74. The molecule has 1 saturated heterocycles. The summed E-state index contributed by atoms with van der Waals surface area (Å²) >= 11 is 0. The van der Waals surface area contributed by atoms with Crippen molar-refractivity contribution in [1.82, 2.24) is 14.6 Å². The van der Waals surface area contributed by atoms with E-state index in [4.69, 9.17) is 9.47 Å². The smallest absolute Gasteiger partial charge is 0.180 e. The lowest BCUT2D eigenvalue weighted by Crippen LogP contribution is -2.12. The molecule has 0 saturated carbocycles. The first kappa shape index (κ1) is 10.5. The molecule has 2 aromatic rings. The van der Waals surface area contributed by atoms with E-state index in [-0.39, 0.29) is 6.10 Å². The van der Waals surface area contributed by atoms with Crippen LogP contribution in [0.15, 0.2) is 18.3 Å². The van der Waals surface area contributed by atoms with Crippen LogP contribution in [0.4, 0.5) is 0 Å². The summed E-state index contributed by atoms with van der Waals surface area (Å²) in [5.74, 6) is 1.57. The van der Waals surface area contributed by atoms with Gasteiger partial charge in [0.05, 0.1) is 7.11 Å². The summed E-state index contributed by atoms with van der Waals surface area (Å²) < 4.78 is 12.6. The minimum absolute atomic E-state index is 0.0506. The second-order valence-corrected chi connectivity index (χ2v) is 4.19. The van der Waals surface area contributed by atoms with Gasteiger partial charge in [0.2, 0.25) is 0 Å².